The first-order chi connectivity index (χ1) is 10.2. The Morgan fingerprint density at radius 1 is 1.24 bits per heavy atom. The molecule has 2 rings (SSSR count). The van der Waals surface area contributed by atoms with Gasteiger partial charge in [-0.05, 0) is 24.6 Å². The highest BCUT2D eigenvalue weighted by atomic mass is 32.1. The fourth-order valence-electron chi connectivity index (χ4n) is 1.74. The highest BCUT2D eigenvalue weighted by molar-refractivity contribution is 7.15. The van der Waals surface area contributed by atoms with E-state index in [4.69, 9.17) is 9.47 Å². The Labute approximate surface area is 127 Å². The zero-order chi connectivity index (χ0) is 15.2. The van der Waals surface area contributed by atoms with E-state index in [1.165, 1.54) is 18.4 Å². The van der Waals surface area contributed by atoms with E-state index in [1.807, 2.05) is 6.92 Å². The molecular formula is C14H17N3O3S. The maximum Gasteiger partial charge on any atom is 0.206 e. The summed E-state index contributed by atoms with van der Waals surface area (Å²) < 4.78 is 10.3. The number of hydrogen-bond acceptors (Lipinski definition) is 7. The van der Waals surface area contributed by atoms with Crippen molar-refractivity contribution in [1.82, 2.24) is 10.2 Å². The summed E-state index contributed by atoms with van der Waals surface area (Å²) in [5.74, 6) is 1.08. The van der Waals surface area contributed by atoms with E-state index >= 15 is 0 Å². The molecule has 0 saturated heterocycles. The van der Waals surface area contributed by atoms with Gasteiger partial charge in [0.25, 0.3) is 0 Å². The number of hydrogen-bond donors (Lipinski definition) is 1. The van der Waals surface area contributed by atoms with Crippen LogP contribution in [-0.4, -0.2) is 36.7 Å². The Morgan fingerprint density at radius 3 is 2.62 bits per heavy atom. The summed E-state index contributed by atoms with van der Waals surface area (Å²) in [7, 11) is 3.10. The number of aryl methyl sites for hydroxylation is 1. The summed E-state index contributed by atoms with van der Waals surface area (Å²) in [5, 5.41) is 12.5. The van der Waals surface area contributed by atoms with Gasteiger partial charge in [0, 0.05) is 5.56 Å². The average molecular weight is 307 g/mol. The zero-order valence-electron chi connectivity index (χ0n) is 12.2. The summed E-state index contributed by atoms with van der Waals surface area (Å²) in [4.78, 5) is 12.2. The molecule has 21 heavy (non-hydrogen) atoms. The number of nitrogens with one attached hydrogen (secondary N) is 1. The summed E-state index contributed by atoms with van der Waals surface area (Å²) in [5.41, 5.74) is 0.556. The molecule has 0 bridgehead atoms. The smallest absolute Gasteiger partial charge is 0.206 e. The molecule has 1 N–H and O–H groups in total. The molecule has 0 aliphatic heterocycles. The van der Waals surface area contributed by atoms with Crippen molar-refractivity contribution in [2.75, 3.05) is 26.1 Å². The molecule has 7 heteroatoms. The molecule has 112 valence electrons. The number of rotatable bonds is 7. The van der Waals surface area contributed by atoms with Crippen molar-refractivity contribution >= 4 is 22.3 Å². The van der Waals surface area contributed by atoms with Crippen molar-refractivity contribution in [3.63, 3.8) is 0 Å². The van der Waals surface area contributed by atoms with Crippen LogP contribution in [0.3, 0.4) is 0 Å². The van der Waals surface area contributed by atoms with E-state index in [9.17, 15) is 4.79 Å². The van der Waals surface area contributed by atoms with Gasteiger partial charge in [-0.1, -0.05) is 18.3 Å². The number of methoxy groups -OCH3 is 2. The number of carbonyl (C=O) groups is 1. The first-order valence-corrected chi connectivity index (χ1v) is 7.31. The number of carbonyl (C=O) groups excluding carboxylic acids is 1. The second-order valence-corrected chi connectivity index (χ2v) is 5.26. The van der Waals surface area contributed by atoms with E-state index in [-0.39, 0.29) is 12.3 Å². The lowest BCUT2D eigenvalue weighted by molar-refractivity contribution is 0.101. The first kappa shape index (κ1) is 15.2. The van der Waals surface area contributed by atoms with Crippen LogP contribution in [0.5, 0.6) is 11.5 Å². The standard InChI is InChI=1S/C14H17N3O3S/c1-4-13-16-17-14(21-13)15-8-10(18)9-5-6-11(19-2)12(7-9)20-3/h5-7H,4,8H2,1-3H3,(H,15,17). The van der Waals surface area contributed by atoms with Crippen molar-refractivity contribution in [1.29, 1.82) is 0 Å². The summed E-state index contributed by atoms with van der Waals surface area (Å²) in [6, 6.07) is 5.09. The van der Waals surface area contributed by atoms with Gasteiger partial charge < -0.3 is 14.8 Å². The number of ether oxygens (including phenoxy) is 2. The van der Waals surface area contributed by atoms with E-state index in [1.54, 1.807) is 25.3 Å². The number of benzene rings is 1. The number of Topliss-reactive ketones (excluding diaryl/α,β-unsaturated/α-hetero) is 1. The van der Waals surface area contributed by atoms with Crippen LogP contribution in [0.1, 0.15) is 22.3 Å². The van der Waals surface area contributed by atoms with E-state index in [0.29, 0.717) is 22.2 Å². The lowest BCUT2D eigenvalue weighted by atomic mass is 10.1. The minimum Gasteiger partial charge on any atom is -0.493 e. The van der Waals surface area contributed by atoms with Crippen molar-refractivity contribution in [3.05, 3.63) is 28.8 Å². The highest BCUT2D eigenvalue weighted by Crippen LogP contribution is 2.27. The molecule has 0 saturated carbocycles. The average Bonchev–Trinajstić information content (AvgIpc) is 2.99. The fraction of sp³-hybridized carbons (Fsp3) is 0.357. The Hall–Kier alpha value is -2.15. The van der Waals surface area contributed by atoms with Crippen molar-refractivity contribution in [3.8, 4) is 11.5 Å². The van der Waals surface area contributed by atoms with Gasteiger partial charge in [-0.3, -0.25) is 4.79 Å². The molecule has 6 nitrogen and oxygen atoms in total. The van der Waals surface area contributed by atoms with Crippen LogP contribution < -0.4 is 14.8 Å². The summed E-state index contributed by atoms with van der Waals surface area (Å²) in [6.07, 6.45) is 0.836. The molecule has 0 fully saturated rings. The van der Waals surface area contributed by atoms with E-state index in [0.717, 1.165) is 11.4 Å². The number of aromatic nitrogens is 2. The van der Waals surface area contributed by atoms with Crippen molar-refractivity contribution < 1.29 is 14.3 Å². The summed E-state index contributed by atoms with van der Waals surface area (Å²) in [6.45, 7) is 2.17. The third kappa shape index (κ3) is 3.69. The van der Waals surface area contributed by atoms with Crippen LogP contribution in [0.15, 0.2) is 18.2 Å². The Bertz CT molecular complexity index is 628. The maximum atomic E-state index is 12.2. The lowest BCUT2D eigenvalue weighted by Crippen LogP contribution is -2.14. The minimum atomic E-state index is -0.0517. The van der Waals surface area contributed by atoms with Crippen molar-refractivity contribution in [2.24, 2.45) is 0 Å². The number of ketones is 1. The van der Waals surface area contributed by atoms with Crippen LogP contribution in [-0.2, 0) is 6.42 Å². The molecule has 2 aromatic rings. The maximum absolute atomic E-state index is 12.2. The minimum absolute atomic E-state index is 0.0517. The van der Waals surface area contributed by atoms with Gasteiger partial charge in [0.15, 0.2) is 17.3 Å². The lowest BCUT2D eigenvalue weighted by Gasteiger charge is -2.09. The third-order valence-corrected chi connectivity index (χ3v) is 3.90. The largest absolute Gasteiger partial charge is 0.493 e. The Kier molecular flexibility index (Phi) is 5.10. The molecule has 0 unspecified atom stereocenters. The van der Waals surface area contributed by atoms with Crippen LogP contribution >= 0.6 is 11.3 Å². The highest BCUT2D eigenvalue weighted by Gasteiger charge is 2.11. The summed E-state index contributed by atoms with van der Waals surface area (Å²) >= 11 is 1.45. The van der Waals surface area contributed by atoms with Crippen LogP contribution in [0.25, 0.3) is 0 Å². The molecule has 0 spiro atoms. The van der Waals surface area contributed by atoms with Crippen LogP contribution in [0.2, 0.25) is 0 Å². The quantitative estimate of drug-likeness (QED) is 0.792. The number of anilines is 1. The third-order valence-electron chi connectivity index (χ3n) is 2.87. The molecule has 1 aromatic carbocycles. The molecule has 1 heterocycles. The second-order valence-electron chi connectivity index (χ2n) is 4.20. The molecule has 0 amide bonds. The molecule has 0 radical (unpaired) electrons. The van der Waals surface area contributed by atoms with Gasteiger partial charge in [-0.2, -0.15) is 0 Å². The fourth-order valence-corrected chi connectivity index (χ4v) is 2.41. The molecule has 0 aliphatic carbocycles. The SMILES string of the molecule is CCc1nnc(NCC(=O)c2ccc(OC)c(OC)c2)s1. The van der Waals surface area contributed by atoms with E-state index < -0.39 is 0 Å². The molecular weight excluding hydrogens is 290 g/mol. The van der Waals surface area contributed by atoms with Gasteiger partial charge in [-0.25, -0.2) is 0 Å². The first-order valence-electron chi connectivity index (χ1n) is 6.49. The molecule has 0 aliphatic rings. The second kappa shape index (κ2) is 7.03. The van der Waals surface area contributed by atoms with Crippen LogP contribution in [0.4, 0.5) is 5.13 Å². The van der Waals surface area contributed by atoms with Crippen LogP contribution in [0, 0.1) is 0 Å². The predicted molar refractivity (Wildman–Crippen MR) is 81.7 cm³/mol. The van der Waals surface area contributed by atoms with Gasteiger partial charge in [-0.15, -0.1) is 10.2 Å². The zero-order valence-corrected chi connectivity index (χ0v) is 13.0. The number of nitrogens with zero attached hydrogens (tertiary/aromatic N) is 2. The molecule has 1 aromatic heterocycles. The monoisotopic (exact) mass is 307 g/mol. The van der Waals surface area contributed by atoms with Gasteiger partial charge in [0.05, 0.1) is 20.8 Å². The Balaban J connectivity index is 2.02. The Morgan fingerprint density at radius 2 is 2.00 bits per heavy atom. The van der Waals surface area contributed by atoms with Crippen molar-refractivity contribution in [2.45, 2.75) is 13.3 Å². The van der Waals surface area contributed by atoms with Gasteiger partial charge in [0.2, 0.25) is 5.13 Å². The van der Waals surface area contributed by atoms with E-state index in [2.05, 4.69) is 15.5 Å². The predicted octanol–water partition coefficient (Wildman–Crippen LogP) is 2.41. The topological polar surface area (TPSA) is 73.3 Å². The molecule has 0 atom stereocenters. The van der Waals surface area contributed by atoms with Gasteiger partial charge >= 0.3 is 0 Å². The normalized spacial score (nSPS) is 10.2. The van der Waals surface area contributed by atoms with Gasteiger partial charge in [0.1, 0.15) is 5.01 Å².